The number of ether oxygens (including phenoxy) is 2. The van der Waals surface area contributed by atoms with Crippen molar-refractivity contribution in [3.8, 4) is 0 Å². The van der Waals surface area contributed by atoms with Crippen LogP contribution in [0, 0.1) is 11.6 Å². The lowest BCUT2D eigenvalue weighted by Gasteiger charge is -2.40. The second kappa shape index (κ2) is 11.6. The summed E-state index contributed by atoms with van der Waals surface area (Å²) in [5, 5.41) is 5.40. The minimum absolute atomic E-state index is 0.0473. The van der Waals surface area contributed by atoms with Gasteiger partial charge in [0.1, 0.15) is 23.3 Å². The van der Waals surface area contributed by atoms with Crippen molar-refractivity contribution in [2.75, 3.05) is 13.7 Å². The number of imidazole rings is 1. The molecular formula is C26H37F2N5O4. The van der Waals surface area contributed by atoms with Gasteiger partial charge in [-0.15, -0.1) is 0 Å². The second-order valence-corrected chi connectivity index (χ2v) is 9.93. The van der Waals surface area contributed by atoms with Crippen LogP contribution in [0.4, 0.5) is 13.6 Å². The average molecular weight is 522 g/mol. The molecule has 2 amide bonds. The molecule has 0 radical (unpaired) electrons. The zero-order chi connectivity index (χ0) is 27.5. The van der Waals surface area contributed by atoms with Gasteiger partial charge >= 0.3 is 6.09 Å². The number of hydrogen-bond acceptors (Lipinski definition) is 6. The Morgan fingerprint density at radius 2 is 1.89 bits per heavy atom. The van der Waals surface area contributed by atoms with Crippen molar-refractivity contribution in [1.82, 2.24) is 25.1 Å². The Hall–Kier alpha value is -3.05. The number of halogens is 2. The number of carbonyl (C=O) groups excluding carboxylic acids is 2. The molecule has 2 N–H and O–H groups in total. The number of amides is 2. The summed E-state index contributed by atoms with van der Waals surface area (Å²) < 4.78 is 41.8. The third kappa shape index (κ3) is 6.45. The molecule has 2 aliphatic heterocycles. The number of nitrogens with one attached hydrogen (secondary N) is 2. The van der Waals surface area contributed by atoms with Crippen LogP contribution in [0.1, 0.15) is 74.7 Å². The molecule has 204 valence electrons. The molecule has 11 heteroatoms. The Morgan fingerprint density at radius 1 is 1.19 bits per heavy atom. The maximum atomic E-state index is 14.6. The van der Waals surface area contributed by atoms with Crippen molar-refractivity contribution in [1.29, 1.82) is 0 Å². The quantitative estimate of drug-likeness (QED) is 0.635. The third-order valence-electron chi connectivity index (χ3n) is 6.28. The molecule has 3 heterocycles. The van der Waals surface area contributed by atoms with Crippen molar-refractivity contribution in [2.45, 2.75) is 77.9 Å². The second-order valence-electron chi connectivity index (χ2n) is 9.93. The van der Waals surface area contributed by atoms with Crippen molar-refractivity contribution in [3.05, 3.63) is 52.6 Å². The summed E-state index contributed by atoms with van der Waals surface area (Å²) in [5.74, 6) is -1.10. The van der Waals surface area contributed by atoms with Gasteiger partial charge in [-0.1, -0.05) is 13.8 Å². The number of aromatic nitrogens is 2. The Labute approximate surface area is 216 Å². The summed E-state index contributed by atoms with van der Waals surface area (Å²) >= 11 is 0. The first-order chi connectivity index (χ1) is 17.5. The minimum atomic E-state index is -0.877. The smallest absolute Gasteiger partial charge is 0.407 e. The molecule has 1 saturated heterocycles. The van der Waals surface area contributed by atoms with E-state index < -0.39 is 35.5 Å². The first-order valence-corrected chi connectivity index (χ1v) is 12.5. The number of hydrogen-bond donors (Lipinski definition) is 2. The van der Waals surface area contributed by atoms with Gasteiger partial charge in [0.2, 0.25) is 0 Å². The van der Waals surface area contributed by atoms with Gasteiger partial charge in [0.25, 0.3) is 5.91 Å². The maximum Gasteiger partial charge on any atom is 0.407 e. The first kappa shape index (κ1) is 28.5. The van der Waals surface area contributed by atoms with Gasteiger partial charge in [0, 0.05) is 38.8 Å². The number of benzene rings is 1. The van der Waals surface area contributed by atoms with E-state index >= 15 is 0 Å². The number of alkyl carbamates (subject to hydrolysis) is 1. The Morgan fingerprint density at radius 3 is 2.51 bits per heavy atom. The lowest BCUT2D eigenvalue weighted by Crippen LogP contribution is -2.52. The summed E-state index contributed by atoms with van der Waals surface area (Å²) in [7, 11) is 3.36. The van der Waals surface area contributed by atoms with E-state index in [0.29, 0.717) is 25.3 Å². The Bertz CT molecular complexity index is 1130. The zero-order valence-corrected chi connectivity index (χ0v) is 22.5. The van der Waals surface area contributed by atoms with Crippen LogP contribution < -0.4 is 10.6 Å². The molecule has 4 rings (SSSR count). The topological polar surface area (TPSA) is 97.7 Å². The summed E-state index contributed by atoms with van der Waals surface area (Å²) in [4.78, 5) is 31.3. The van der Waals surface area contributed by atoms with Gasteiger partial charge in [-0.2, -0.15) is 0 Å². The maximum absolute atomic E-state index is 14.6. The largest absolute Gasteiger partial charge is 0.444 e. The standard InChI is InChI=1S/C24H31F2N5O4.C2H6/c1-24(2,3)35-23(33)29-17-9-14(12-34-20(17)15-8-13(25)6-7-16(15)26)31-10-18-19(11-31)30(5)21(28-18)22(32)27-4;1-2/h6-8,14,17,20H,9-12H2,1-5H3,(H,27,32)(H,29,33);1-2H3/t14?,17?,20-;/m1./s1. The van der Waals surface area contributed by atoms with Crippen LogP contribution in [0.3, 0.4) is 0 Å². The molecule has 9 nitrogen and oxygen atoms in total. The number of nitrogens with zero attached hydrogens (tertiary/aromatic N) is 3. The van der Waals surface area contributed by atoms with Gasteiger partial charge < -0.3 is 24.7 Å². The van der Waals surface area contributed by atoms with Gasteiger partial charge in [0.05, 0.1) is 24.0 Å². The number of fused-ring (bicyclic) bond motifs is 1. The predicted molar refractivity (Wildman–Crippen MR) is 134 cm³/mol. The van der Waals surface area contributed by atoms with Crippen LogP contribution in [0.25, 0.3) is 0 Å². The highest BCUT2D eigenvalue weighted by atomic mass is 19.1. The fourth-order valence-electron chi connectivity index (χ4n) is 4.63. The van der Waals surface area contributed by atoms with Crippen LogP contribution in [0.2, 0.25) is 0 Å². The van der Waals surface area contributed by atoms with E-state index in [4.69, 9.17) is 9.47 Å². The fraction of sp³-hybridized carbons (Fsp3) is 0.577. The lowest BCUT2D eigenvalue weighted by molar-refractivity contribution is -0.0630. The van der Waals surface area contributed by atoms with Gasteiger partial charge in [-0.3, -0.25) is 9.69 Å². The van der Waals surface area contributed by atoms with Gasteiger partial charge in [0.15, 0.2) is 5.82 Å². The van der Waals surface area contributed by atoms with E-state index in [2.05, 4.69) is 20.5 Å². The summed E-state index contributed by atoms with van der Waals surface area (Å²) in [5.41, 5.74) is 1.06. The molecule has 1 aromatic heterocycles. The average Bonchev–Trinajstić information content (AvgIpc) is 3.39. The molecule has 2 aliphatic rings. The highest BCUT2D eigenvalue weighted by Gasteiger charge is 2.40. The summed E-state index contributed by atoms with van der Waals surface area (Å²) in [6, 6.07) is 2.42. The Kier molecular flexibility index (Phi) is 8.91. The van der Waals surface area contributed by atoms with Crippen molar-refractivity contribution in [2.24, 2.45) is 7.05 Å². The van der Waals surface area contributed by atoms with Crippen LogP contribution in [-0.2, 0) is 29.6 Å². The molecular weight excluding hydrogens is 484 g/mol. The van der Waals surface area contributed by atoms with E-state index in [1.807, 2.05) is 13.8 Å². The predicted octanol–water partition coefficient (Wildman–Crippen LogP) is 3.82. The normalized spacial score (nSPS) is 21.5. The highest BCUT2D eigenvalue weighted by molar-refractivity contribution is 5.90. The Balaban J connectivity index is 0.00000186. The molecule has 2 aromatic rings. The lowest BCUT2D eigenvalue weighted by atomic mass is 9.92. The van der Waals surface area contributed by atoms with Crippen molar-refractivity contribution in [3.63, 3.8) is 0 Å². The molecule has 0 bridgehead atoms. The van der Waals surface area contributed by atoms with Crippen LogP contribution >= 0.6 is 0 Å². The minimum Gasteiger partial charge on any atom is -0.444 e. The van der Waals surface area contributed by atoms with Crippen LogP contribution in [0.15, 0.2) is 18.2 Å². The summed E-state index contributed by atoms with van der Waals surface area (Å²) in [6.07, 6.45) is -1.11. The molecule has 0 aliphatic carbocycles. The SMILES string of the molecule is CC.CNC(=O)c1nc2c(n1C)CN(C1CO[C@H](c3cc(F)ccc3F)C(NC(=O)OC(C)(C)C)C1)C2. The molecule has 37 heavy (non-hydrogen) atoms. The fourth-order valence-corrected chi connectivity index (χ4v) is 4.63. The van der Waals surface area contributed by atoms with E-state index in [0.717, 1.165) is 29.6 Å². The van der Waals surface area contributed by atoms with E-state index in [1.54, 1.807) is 39.4 Å². The van der Waals surface area contributed by atoms with Gasteiger partial charge in [-0.25, -0.2) is 18.6 Å². The highest BCUT2D eigenvalue weighted by Crippen LogP contribution is 2.35. The zero-order valence-electron chi connectivity index (χ0n) is 22.5. The third-order valence-corrected chi connectivity index (χ3v) is 6.28. The molecule has 1 aromatic carbocycles. The molecule has 1 fully saturated rings. The molecule has 0 spiro atoms. The van der Waals surface area contributed by atoms with Crippen molar-refractivity contribution >= 4 is 12.0 Å². The number of carbonyl (C=O) groups is 2. The molecule has 2 unspecified atom stereocenters. The van der Waals surface area contributed by atoms with E-state index in [1.165, 1.54) is 0 Å². The summed E-state index contributed by atoms with van der Waals surface area (Å²) in [6.45, 7) is 10.5. The molecule has 3 atom stereocenters. The number of rotatable bonds is 4. The van der Waals surface area contributed by atoms with E-state index in [-0.39, 0.29) is 24.1 Å². The van der Waals surface area contributed by atoms with Crippen LogP contribution in [0.5, 0.6) is 0 Å². The monoisotopic (exact) mass is 521 g/mol. The van der Waals surface area contributed by atoms with Gasteiger partial charge in [-0.05, 0) is 45.4 Å². The first-order valence-electron chi connectivity index (χ1n) is 12.5. The molecule has 0 saturated carbocycles. The van der Waals surface area contributed by atoms with Crippen LogP contribution in [-0.4, -0.2) is 57.8 Å². The van der Waals surface area contributed by atoms with E-state index in [9.17, 15) is 18.4 Å². The van der Waals surface area contributed by atoms with Crippen molar-refractivity contribution < 1.29 is 27.8 Å².